The molecule has 0 aromatic heterocycles. The molecule has 2 heterocycles. The van der Waals surface area contributed by atoms with E-state index in [1.54, 1.807) is 6.08 Å². The standard InChI is InChI=1S/C79H137NO13/c1-3-5-7-9-11-13-15-17-19-21-23-25-27-29-31-33-34-35-37-39-41-43-45-47-49-51-53-55-57-59-61-63-71(84)80-67(66-90-78-76(89)74(87)77(70(65-82)92-78)93-79-75(88)73(86)72(85)69(64-81)91-79)68(83)62-60-58-56-54-52-50-48-46-44-42-40-38-36-32-30-28-26-24-22-20-18-16-14-12-10-8-6-4-2/h5,7,11,13,17,19,23,25,29,31,34-35,44,46,52,54,60,62,67-70,72-79,81-83,85-89H,3-4,6,8-10,12,14-16,18,20-22,24,26-28,30,32-33,36-43,45,47-51,53,55-59,61,63-66H2,1-2H3,(H,80,84)/b7-5-,13-11-,19-17-,25-23-,31-29-,35-34-,46-44+,54-52+,62-60+. The second-order valence-electron chi connectivity index (χ2n) is 26.0. The number of carbonyl (C=O) groups is 1. The van der Waals surface area contributed by atoms with Crippen molar-refractivity contribution in [3.63, 3.8) is 0 Å². The van der Waals surface area contributed by atoms with Crippen molar-refractivity contribution in [3.05, 3.63) is 109 Å². The van der Waals surface area contributed by atoms with Gasteiger partial charge in [0, 0.05) is 6.42 Å². The molecule has 2 saturated heterocycles. The van der Waals surface area contributed by atoms with Crippen LogP contribution in [0.3, 0.4) is 0 Å². The summed E-state index contributed by atoms with van der Waals surface area (Å²) in [4.78, 5) is 13.4. The molecule has 0 aromatic carbocycles. The normalized spacial score (nSPS) is 23.2. The molecule has 1 amide bonds. The molecule has 536 valence electrons. The molecule has 2 aliphatic rings. The Morgan fingerprint density at radius 3 is 1.18 bits per heavy atom. The second-order valence-corrected chi connectivity index (χ2v) is 26.0. The number of rotatable bonds is 61. The lowest BCUT2D eigenvalue weighted by atomic mass is 9.97. The average molecular weight is 1310 g/mol. The topological polar surface area (TPSA) is 228 Å². The minimum atomic E-state index is -1.80. The lowest BCUT2D eigenvalue weighted by Crippen LogP contribution is -2.65. The van der Waals surface area contributed by atoms with E-state index in [0.29, 0.717) is 12.8 Å². The van der Waals surface area contributed by atoms with Crippen LogP contribution >= 0.6 is 0 Å². The first-order valence-electron chi connectivity index (χ1n) is 37.6. The molecule has 2 fully saturated rings. The van der Waals surface area contributed by atoms with Crippen molar-refractivity contribution in [1.29, 1.82) is 0 Å². The number of hydrogen-bond acceptors (Lipinski definition) is 13. The quantitative estimate of drug-likeness (QED) is 0.0204. The molecule has 2 aliphatic heterocycles. The number of carbonyl (C=O) groups excluding carboxylic acids is 1. The van der Waals surface area contributed by atoms with Gasteiger partial charge < -0.3 is 65.1 Å². The van der Waals surface area contributed by atoms with Crippen LogP contribution in [0.25, 0.3) is 0 Å². The molecular formula is C79H137NO13. The van der Waals surface area contributed by atoms with Gasteiger partial charge in [-0.2, -0.15) is 0 Å². The summed E-state index contributed by atoms with van der Waals surface area (Å²) >= 11 is 0. The highest BCUT2D eigenvalue weighted by atomic mass is 16.7. The summed E-state index contributed by atoms with van der Waals surface area (Å²) in [6.07, 6.45) is 72.9. The van der Waals surface area contributed by atoms with Crippen LogP contribution in [0.2, 0.25) is 0 Å². The van der Waals surface area contributed by atoms with Crippen molar-refractivity contribution in [1.82, 2.24) is 5.32 Å². The number of ether oxygens (including phenoxy) is 4. The molecular weight excluding hydrogens is 1170 g/mol. The van der Waals surface area contributed by atoms with Gasteiger partial charge in [0.05, 0.1) is 32.0 Å². The van der Waals surface area contributed by atoms with Crippen LogP contribution in [-0.2, 0) is 23.7 Å². The van der Waals surface area contributed by atoms with E-state index in [2.05, 4.69) is 116 Å². The number of aliphatic hydroxyl groups is 8. The van der Waals surface area contributed by atoms with Gasteiger partial charge >= 0.3 is 0 Å². The number of hydrogen-bond donors (Lipinski definition) is 9. The van der Waals surface area contributed by atoms with Crippen molar-refractivity contribution in [3.8, 4) is 0 Å². The maximum absolute atomic E-state index is 13.4. The summed E-state index contributed by atoms with van der Waals surface area (Å²) in [6, 6.07) is -0.948. The Morgan fingerprint density at radius 2 is 0.753 bits per heavy atom. The average Bonchev–Trinajstić information content (AvgIpc) is 0.851. The lowest BCUT2D eigenvalue weighted by Gasteiger charge is -2.46. The van der Waals surface area contributed by atoms with Crippen molar-refractivity contribution in [2.24, 2.45) is 0 Å². The molecule has 14 heteroatoms. The van der Waals surface area contributed by atoms with Crippen molar-refractivity contribution in [2.45, 2.75) is 364 Å². The number of amides is 1. The predicted octanol–water partition coefficient (Wildman–Crippen LogP) is 16.3. The van der Waals surface area contributed by atoms with E-state index >= 15 is 0 Å². The van der Waals surface area contributed by atoms with E-state index in [4.69, 9.17) is 18.9 Å². The van der Waals surface area contributed by atoms with E-state index < -0.39 is 86.8 Å². The largest absolute Gasteiger partial charge is 0.394 e. The van der Waals surface area contributed by atoms with Gasteiger partial charge in [0.15, 0.2) is 12.6 Å². The minimum absolute atomic E-state index is 0.257. The third-order valence-electron chi connectivity index (χ3n) is 17.7. The summed E-state index contributed by atoms with van der Waals surface area (Å²) < 4.78 is 22.9. The van der Waals surface area contributed by atoms with E-state index in [9.17, 15) is 45.6 Å². The maximum atomic E-state index is 13.4. The third-order valence-corrected chi connectivity index (χ3v) is 17.7. The fourth-order valence-corrected chi connectivity index (χ4v) is 11.7. The summed E-state index contributed by atoms with van der Waals surface area (Å²) in [6.45, 7) is 2.68. The van der Waals surface area contributed by atoms with Gasteiger partial charge in [0.1, 0.15) is 48.8 Å². The molecule has 0 spiro atoms. The minimum Gasteiger partial charge on any atom is -0.394 e. The molecule has 0 aliphatic carbocycles. The first-order valence-corrected chi connectivity index (χ1v) is 37.6. The molecule has 0 saturated carbocycles. The molecule has 0 radical (unpaired) electrons. The van der Waals surface area contributed by atoms with Gasteiger partial charge in [-0.1, -0.05) is 297 Å². The Hall–Kier alpha value is -3.35. The van der Waals surface area contributed by atoms with E-state index in [1.165, 1.54) is 167 Å². The van der Waals surface area contributed by atoms with Crippen molar-refractivity contribution >= 4 is 5.91 Å². The van der Waals surface area contributed by atoms with Crippen LogP contribution in [0.4, 0.5) is 0 Å². The van der Waals surface area contributed by atoms with E-state index in [0.717, 1.165) is 89.9 Å². The number of aliphatic hydroxyl groups excluding tert-OH is 8. The Kier molecular flexibility index (Phi) is 57.3. The van der Waals surface area contributed by atoms with Gasteiger partial charge in [-0.05, 0) is 96.3 Å². The second kappa shape index (κ2) is 62.2. The molecule has 14 nitrogen and oxygen atoms in total. The highest BCUT2D eigenvalue weighted by Crippen LogP contribution is 2.30. The zero-order chi connectivity index (χ0) is 67.3. The van der Waals surface area contributed by atoms with Gasteiger partial charge in [0.2, 0.25) is 5.91 Å². The Balaban J connectivity index is 1.68. The Morgan fingerprint density at radius 1 is 0.398 bits per heavy atom. The van der Waals surface area contributed by atoms with Crippen LogP contribution in [0.15, 0.2) is 109 Å². The SMILES string of the molecule is CC/C=C\C/C=C\C/C=C\C/C=C\C/C=C\C/C=C\CCCCCCCCCCCCCCC(=O)NC(COC1OC(CO)C(OC2OC(CO)C(O)C(O)C2O)C(O)C1O)C(O)/C=C/CC/C=C/CC/C=C/CCCCCCCCCCCCCCCCCCCC. The van der Waals surface area contributed by atoms with Crippen LogP contribution in [0, 0.1) is 0 Å². The fraction of sp³-hybridized carbons (Fsp3) is 0.759. The molecule has 0 aromatic rings. The van der Waals surface area contributed by atoms with E-state index in [1.807, 2.05) is 6.08 Å². The van der Waals surface area contributed by atoms with E-state index in [-0.39, 0.29) is 18.9 Å². The van der Waals surface area contributed by atoms with Crippen LogP contribution in [0.1, 0.15) is 290 Å². The number of unbranched alkanes of at least 4 members (excludes halogenated alkanes) is 32. The van der Waals surface area contributed by atoms with Crippen molar-refractivity contribution in [2.75, 3.05) is 19.8 Å². The first-order chi connectivity index (χ1) is 45.6. The molecule has 93 heavy (non-hydrogen) atoms. The molecule has 12 unspecified atom stereocenters. The lowest BCUT2D eigenvalue weighted by molar-refractivity contribution is -0.359. The highest BCUT2D eigenvalue weighted by molar-refractivity contribution is 5.76. The summed E-state index contributed by atoms with van der Waals surface area (Å²) in [5.74, 6) is -0.257. The third kappa shape index (κ3) is 45.7. The summed E-state index contributed by atoms with van der Waals surface area (Å²) in [5, 5.41) is 87.5. The predicted molar refractivity (Wildman–Crippen MR) is 382 cm³/mol. The van der Waals surface area contributed by atoms with Gasteiger partial charge in [-0.25, -0.2) is 0 Å². The van der Waals surface area contributed by atoms with Gasteiger partial charge in [-0.15, -0.1) is 0 Å². The number of allylic oxidation sites excluding steroid dienone is 17. The van der Waals surface area contributed by atoms with Crippen LogP contribution in [-0.4, -0.2) is 140 Å². The molecule has 2 rings (SSSR count). The number of nitrogens with one attached hydrogen (secondary N) is 1. The molecule has 0 bridgehead atoms. The van der Waals surface area contributed by atoms with Crippen LogP contribution < -0.4 is 5.32 Å². The molecule has 9 N–H and O–H groups in total. The highest BCUT2D eigenvalue weighted by Gasteiger charge is 2.51. The fourth-order valence-electron chi connectivity index (χ4n) is 11.7. The molecule has 12 atom stereocenters. The van der Waals surface area contributed by atoms with Crippen molar-refractivity contribution < 1.29 is 64.6 Å². The summed E-state index contributed by atoms with van der Waals surface area (Å²) in [7, 11) is 0. The monoisotopic (exact) mass is 1310 g/mol. The smallest absolute Gasteiger partial charge is 0.220 e. The van der Waals surface area contributed by atoms with Gasteiger partial charge in [0.25, 0.3) is 0 Å². The van der Waals surface area contributed by atoms with Gasteiger partial charge in [-0.3, -0.25) is 4.79 Å². The first kappa shape index (κ1) is 85.7. The summed E-state index contributed by atoms with van der Waals surface area (Å²) in [5.41, 5.74) is 0. The Bertz CT molecular complexity index is 1980. The Labute approximate surface area is 566 Å². The zero-order valence-corrected chi connectivity index (χ0v) is 58.5. The van der Waals surface area contributed by atoms with Crippen LogP contribution in [0.5, 0.6) is 0 Å². The zero-order valence-electron chi connectivity index (χ0n) is 58.5. The maximum Gasteiger partial charge on any atom is 0.220 e.